The van der Waals surface area contributed by atoms with E-state index >= 15 is 0 Å². The van der Waals surface area contributed by atoms with Crippen molar-refractivity contribution in [2.24, 2.45) is 0 Å². The van der Waals surface area contributed by atoms with E-state index in [0.29, 0.717) is 6.61 Å². The van der Waals surface area contributed by atoms with Crippen molar-refractivity contribution < 1.29 is 9.53 Å². The molecule has 0 radical (unpaired) electrons. The number of benzene rings is 2. The van der Waals surface area contributed by atoms with E-state index in [9.17, 15) is 4.79 Å². The Labute approximate surface area is 146 Å². The molecular weight excluding hydrogens is 316 g/mol. The molecule has 6 nitrogen and oxygen atoms in total. The van der Waals surface area contributed by atoms with Crippen molar-refractivity contribution in [1.82, 2.24) is 14.8 Å². The number of ether oxygens (including phenoxy) is 1. The van der Waals surface area contributed by atoms with E-state index in [1.165, 1.54) is 11.9 Å². The highest BCUT2D eigenvalue weighted by atomic mass is 16.5. The van der Waals surface area contributed by atoms with Crippen LogP contribution in [0.4, 0.5) is 5.69 Å². The summed E-state index contributed by atoms with van der Waals surface area (Å²) in [5, 5.41) is 6.92. The van der Waals surface area contributed by atoms with Gasteiger partial charge >= 0.3 is 0 Å². The van der Waals surface area contributed by atoms with Gasteiger partial charge < -0.3 is 10.1 Å². The molecule has 1 amide bonds. The fourth-order valence-corrected chi connectivity index (χ4v) is 2.48. The molecule has 0 fully saturated rings. The van der Waals surface area contributed by atoms with E-state index in [2.05, 4.69) is 21.5 Å². The van der Waals surface area contributed by atoms with Gasteiger partial charge in [0.2, 0.25) is 5.91 Å². The van der Waals surface area contributed by atoms with Crippen LogP contribution in [0.25, 0.3) is 5.69 Å². The van der Waals surface area contributed by atoms with E-state index in [0.717, 1.165) is 22.7 Å². The molecule has 0 unspecified atom stereocenters. The van der Waals surface area contributed by atoms with Gasteiger partial charge in [0.1, 0.15) is 18.4 Å². The van der Waals surface area contributed by atoms with E-state index in [1.807, 2.05) is 50.2 Å². The number of hydrogen-bond acceptors (Lipinski definition) is 4. The second-order valence-corrected chi connectivity index (χ2v) is 5.80. The van der Waals surface area contributed by atoms with Crippen molar-refractivity contribution >= 4 is 11.6 Å². The molecule has 0 aliphatic rings. The highest BCUT2D eigenvalue weighted by molar-refractivity contribution is 5.90. The lowest BCUT2D eigenvalue weighted by atomic mass is 10.1. The summed E-state index contributed by atoms with van der Waals surface area (Å²) in [6.07, 6.45) is 3.39. The lowest BCUT2D eigenvalue weighted by Gasteiger charge is -2.10. The predicted octanol–water partition coefficient (Wildman–Crippen LogP) is 3.29. The number of aromatic nitrogens is 3. The molecule has 0 saturated heterocycles. The quantitative estimate of drug-likeness (QED) is 0.750. The van der Waals surface area contributed by atoms with Crippen LogP contribution in [0.3, 0.4) is 0 Å². The fraction of sp³-hybridized carbons (Fsp3) is 0.211. The smallest absolute Gasteiger partial charge is 0.227 e. The van der Waals surface area contributed by atoms with Crippen LogP contribution < -0.4 is 10.1 Å². The highest BCUT2D eigenvalue weighted by Gasteiger charge is 2.05. The number of amides is 1. The molecule has 1 N–H and O–H groups in total. The normalized spacial score (nSPS) is 10.5. The van der Waals surface area contributed by atoms with Crippen molar-refractivity contribution in [3.63, 3.8) is 0 Å². The van der Waals surface area contributed by atoms with Gasteiger partial charge in [-0.3, -0.25) is 4.79 Å². The van der Waals surface area contributed by atoms with Crippen molar-refractivity contribution in [1.29, 1.82) is 0 Å². The molecule has 6 heteroatoms. The van der Waals surface area contributed by atoms with Gasteiger partial charge in [0.05, 0.1) is 18.7 Å². The summed E-state index contributed by atoms with van der Waals surface area (Å²) >= 11 is 0. The van der Waals surface area contributed by atoms with Gasteiger partial charge in [-0.05, 0) is 49.7 Å². The standard InChI is InChI=1S/C19H20N4O2/c1-14-3-8-18(15(2)11-14)25-10-9-19(24)22-16-4-6-17(7-5-16)23-13-20-12-21-23/h3-8,11-13H,9-10H2,1-2H3,(H,22,24). The maximum absolute atomic E-state index is 12.0. The largest absolute Gasteiger partial charge is 0.493 e. The number of hydrogen-bond donors (Lipinski definition) is 1. The third-order valence-electron chi connectivity index (χ3n) is 3.75. The van der Waals surface area contributed by atoms with Crippen LogP contribution in [0.5, 0.6) is 5.75 Å². The average molecular weight is 336 g/mol. The van der Waals surface area contributed by atoms with Gasteiger partial charge in [-0.15, -0.1) is 0 Å². The molecule has 0 saturated carbocycles. The molecular formula is C19H20N4O2. The second-order valence-electron chi connectivity index (χ2n) is 5.80. The first-order chi connectivity index (χ1) is 12.1. The van der Waals surface area contributed by atoms with Crippen LogP contribution in [0.1, 0.15) is 17.5 Å². The molecule has 0 atom stereocenters. The maximum atomic E-state index is 12.0. The predicted molar refractivity (Wildman–Crippen MR) is 96.0 cm³/mol. The zero-order chi connectivity index (χ0) is 17.6. The third-order valence-corrected chi connectivity index (χ3v) is 3.75. The van der Waals surface area contributed by atoms with Gasteiger partial charge in [0.25, 0.3) is 0 Å². The minimum atomic E-state index is -0.0849. The first-order valence-corrected chi connectivity index (χ1v) is 8.07. The molecule has 0 bridgehead atoms. The minimum Gasteiger partial charge on any atom is -0.493 e. The minimum absolute atomic E-state index is 0.0849. The first kappa shape index (κ1) is 16.7. The maximum Gasteiger partial charge on any atom is 0.227 e. The number of carbonyl (C=O) groups excluding carboxylic acids is 1. The Balaban J connectivity index is 1.49. The van der Waals surface area contributed by atoms with Crippen LogP contribution in [-0.2, 0) is 4.79 Å². The van der Waals surface area contributed by atoms with Crippen molar-refractivity contribution in [2.75, 3.05) is 11.9 Å². The van der Waals surface area contributed by atoms with E-state index in [1.54, 1.807) is 11.0 Å². The number of nitrogens with one attached hydrogen (secondary N) is 1. The molecule has 3 aromatic rings. The summed E-state index contributed by atoms with van der Waals surface area (Å²) in [4.78, 5) is 15.9. The van der Waals surface area contributed by atoms with Gasteiger partial charge in [-0.2, -0.15) is 5.10 Å². The fourth-order valence-electron chi connectivity index (χ4n) is 2.48. The number of rotatable bonds is 6. The zero-order valence-electron chi connectivity index (χ0n) is 14.3. The van der Waals surface area contributed by atoms with Crippen molar-refractivity contribution in [3.8, 4) is 11.4 Å². The summed E-state index contributed by atoms with van der Waals surface area (Å²) in [5.41, 5.74) is 3.88. The molecule has 1 aromatic heterocycles. The molecule has 2 aromatic carbocycles. The molecule has 0 aliphatic heterocycles. The molecule has 25 heavy (non-hydrogen) atoms. The Hall–Kier alpha value is -3.15. The number of nitrogens with zero attached hydrogens (tertiary/aromatic N) is 3. The number of carbonyl (C=O) groups is 1. The Bertz CT molecular complexity index is 842. The van der Waals surface area contributed by atoms with Crippen molar-refractivity contribution in [2.45, 2.75) is 20.3 Å². The molecule has 1 heterocycles. The van der Waals surface area contributed by atoms with E-state index in [-0.39, 0.29) is 12.3 Å². The zero-order valence-corrected chi connectivity index (χ0v) is 14.3. The first-order valence-electron chi connectivity index (χ1n) is 8.07. The lowest BCUT2D eigenvalue weighted by Crippen LogP contribution is -2.15. The van der Waals surface area contributed by atoms with Gasteiger partial charge in [-0.25, -0.2) is 9.67 Å². The lowest BCUT2D eigenvalue weighted by molar-refractivity contribution is -0.116. The summed E-state index contributed by atoms with van der Waals surface area (Å²) in [5.74, 6) is 0.730. The summed E-state index contributed by atoms with van der Waals surface area (Å²) in [6.45, 7) is 4.38. The second kappa shape index (κ2) is 7.61. The Morgan fingerprint density at radius 1 is 1.16 bits per heavy atom. The SMILES string of the molecule is Cc1ccc(OCCC(=O)Nc2ccc(-n3cncn3)cc2)c(C)c1. The molecule has 0 aliphatic carbocycles. The Kier molecular flexibility index (Phi) is 5.09. The van der Waals surface area contributed by atoms with Crippen LogP contribution in [0, 0.1) is 13.8 Å². The van der Waals surface area contributed by atoms with Crippen LogP contribution in [0.2, 0.25) is 0 Å². The van der Waals surface area contributed by atoms with E-state index < -0.39 is 0 Å². The summed E-state index contributed by atoms with van der Waals surface area (Å²) in [6, 6.07) is 13.4. The number of aryl methyl sites for hydroxylation is 2. The average Bonchev–Trinajstić information content (AvgIpc) is 3.12. The molecule has 128 valence electrons. The van der Waals surface area contributed by atoms with Crippen molar-refractivity contribution in [3.05, 3.63) is 66.2 Å². The van der Waals surface area contributed by atoms with Crippen LogP contribution in [0.15, 0.2) is 55.1 Å². The third kappa shape index (κ3) is 4.44. The molecule has 3 rings (SSSR count). The van der Waals surface area contributed by atoms with Crippen LogP contribution in [-0.4, -0.2) is 27.3 Å². The monoisotopic (exact) mass is 336 g/mol. The summed E-state index contributed by atoms with van der Waals surface area (Å²) in [7, 11) is 0. The Morgan fingerprint density at radius 3 is 2.64 bits per heavy atom. The van der Waals surface area contributed by atoms with Gasteiger partial charge in [0, 0.05) is 5.69 Å². The summed E-state index contributed by atoms with van der Waals surface area (Å²) < 4.78 is 7.34. The van der Waals surface area contributed by atoms with E-state index in [4.69, 9.17) is 4.74 Å². The number of anilines is 1. The van der Waals surface area contributed by atoms with Crippen LogP contribution >= 0.6 is 0 Å². The topological polar surface area (TPSA) is 69.0 Å². The molecule has 0 spiro atoms. The Morgan fingerprint density at radius 2 is 1.96 bits per heavy atom. The van der Waals surface area contributed by atoms with Gasteiger partial charge in [-0.1, -0.05) is 17.7 Å². The highest BCUT2D eigenvalue weighted by Crippen LogP contribution is 2.19. The van der Waals surface area contributed by atoms with Gasteiger partial charge in [0.15, 0.2) is 0 Å².